The third-order valence-electron chi connectivity index (χ3n) is 4.42. The van der Waals surface area contributed by atoms with Gasteiger partial charge in [-0.1, -0.05) is 0 Å². The molecule has 12 heteroatoms. The van der Waals surface area contributed by atoms with Gasteiger partial charge in [-0.3, -0.25) is 9.10 Å². The van der Waals surface area contributed by atoms with E-state index in [4.69, 9.17) is 9.47 Å². The number of hydrogen-bond acceptors (Lipinski definition) is 7. The molecule has 0 atom stereocenters. The number of ether oxygens (including phenoxy) is 2. The number of hydrogen-bond donors (Lipinski definition) is 1. The topological polar surface area (TPSA) is 122 Å². The quantitative estimate of drug-likeness (QED) is 0.437. The van der Waals surface area contributed by atoms with Crippen molar-refractivity contribution in [2.75, 3.05) is 51.0 Å². The van der Waals surface area contributed by atoms with Crippen molar-refractivity contribution in [1.29, 1.82) is 0 Å². The number of carbonyl (C=O) groups excluding carboxylic acids is 1. The predicted octanol–water partition coefficient (Wildman–Crippen LogP) is 1.30. The molecule has 0 bridgehead atoms. The Morgan fingerprint density at radius 2 is 1.45 bits per heavy atom. The summed E-state index contributed by atoms with van der Waals surface area (Å²) in [6, 6.07) is 12.3. The second kappa shape index (κ2) is 11.3. The fourth-order valence-electron chi connectivity index (χ4n) is 2.74. The zero-order valence-corrected chi connectivity index (χ0v) is 20.6. The predicted molar refractivity (Wildman–Crippen MR) is 126 cm³/mol. The van der Waals surface area contributed by atoms with E-state index >= 15 is 0 Å². The highest BCUT2D eigenvalue weighted by Gasteiger charge is 2.21. The molecule has 2 aromatic rings. The van der Waals surface area contributed by atoms with Crippen molar-refractivity contribution in [3.8, 4) is 11.5 Å². The first kappa shape index (κ1) is 26.4. The van der Waals surface area contributed by atoms with Crippen molar-refractivity contribution in [2.45, 2.75) is 11.8 Å². The second-order valence-electron chi connectivity index (χ2n) is 7.15. The molecule has 33 heavy (non-hydrogen) atoms. The molecule has 0 aromatic heterocycles. The lowest BCUT2D eigenvalue weighted by molar-refractivity contribution is -0.119. The molecular weight excluding hydrogens is 470 g/mol. The molecule has 0 radical (unpaired) electrons. The third-order valence-corrected chi connectivity index (χ3v) is 7.39. The van der Waals surface area contributed by atoms with Gasteiger partial charge >= 0.3 is 0 Å². The van der Waals surface area contributed by atoms with Crippen LogP contribution in [0.4, 0.5) is 5.69 Å². The zero-order chi connectivity index (χ0) is 24.6. The number of amides is 1. The van der Waals surface area contributed by atoms with Crippen LogP contribution in [0.2, 0.25) is 0 Å². The van der Waals surface area contributed by atoms with E-state index in [-0.39, 0.29) is 24.6 Å². The van der Waals surface area contributed by atoms with Gasteiger partial charge in [0, 0.05) is 14.1 Å². The number of rotatable bonds is 12. The van der Waals surface area contributed by atoms with Crippen LogP contribution in [-0.4, -0.2) is 73.7 Å². The summed E-state index contributed by atoms with van der Waals surface area (Å²) in [6.45, 7) is 2.20. The Kier molecular flexibility index (Phi) is 9.08. The summed E-state index contributed by atoms with van der Waals surface area (Å²) < 4.78 is 61.5. The van der Waals surface area contributed by atoms with E-state index in [9.17, 15) is 21.6 Å². The minimum Gasteiger partial charge on any atom is -0.494 e. The van der Waals surface area contributed by atoms with E-state index in [0.29, 0.717) is 23.8 Å². The van der Waals surface area contributed by atoms with Crippen molar-refractivity contribution in [2.24, 2.45) is 0 Å². The molecule has 0 aliphatic carbocycles. The van der Waals surface area contributed by atoms with Gasteiger partial charge in [-0.2, -0.15) is 0 Å². The Hall–Kier alpha value is -2.83. The van der Waals surface area contributed by atoms with Gasteiger partial charge in [0.1, 0.15) is 24.7 Å². The van der Waals surface area contributed by atoms with Crippen LogP contribution in [0.5, 0.6) is 11.5 Å². The molecule has 0 fully saturated rings. The van der Waals surface area contributed by atoms with Gasteiger partial charge in [0.05, 0.1) is 30.0 Å². The Morgan fingerprint density at radius 1 is 0.909 bits per heavy atom. The van der Waals surface area contributed by atoms with Crippen LogP contribution in [0.15, 0.2) is 53.4 Å². The van der Waals surface area contributed by atoms with Crippen LogP contribution < -0.4 is 19.1 Å². The number of anilines is 1. The number of benzene rings is 2. The molecule has 2 rings (SSSR count). The summed E-state index contributed by atoms with van der Waals surface area (Å²) in [6.07, 6.45) is 1.03. The monoisotopic (exact) mass is 499 g/mol. The maximum absolute atomic E-state index is 12.3. The first-order valence-electron chi connectivity index (χ1n) is 10.1. The van der Waals surface area contributed by atoms with Crippen molar-refractivity contribution >= 4 is 31.6 Å². The highest BCUT2D eigenvalue weighted by atomic mass is 32.2. The van der Waals surface area contributed by atoms with E-state index in [0.717, 1.165) is 14.9 Å². The summed E-state index contributed by atoms with van der Waals surface area (Å²) >= 11 is 0. The minimum absolute atomic E-state index is 0.118. The highest BCUT2D eigenvalue weighted by molar-refractivity contribution is 7.92. The molecule has 0 spiro atoms. The van der Waals surface area contributed by atoms with Gasteiger partial charge in [0.15, 0.2) is 0 Å². The Labute approximate surface area is 195 Å². The van der Waals surface area contributed by atoms with Crippen LogP contribution in [0.25, 0.3) is 0 Å². The van der Waals surface area contributed by atoms with E-state index < -0.39 is 26.0 Å². The lowest BCUT2D eigenvalue weighted by Crippen LogP contribution is -2.41. The van der Waals surface area contributed by atoms with E-state index in [1.807, 2.05) is 6.92 Å². The molecule has 1 amide bonds. The van der Waals surface area contributed by atoms with Gasteiger partial charge < -0.3 is 14.8 Å². The summed E-state index contributed by atoms with van der Waals surface area (Å²) in [4.78, 5) is 12.4. The molecule has 0 saturated carbocycles. The van der Waals surface area contributed by atoms with Crippen molar-refractivity contribution in [3.63, 3.8) is 0 Å². The summed E-state index contributed by atoms with van der Waals surface area (Å²) in [5.74, 6) is 0.545. The average molecular weight is 500 g/mol. The van der Waals surface area contributed by atoms with Gasteiger partial charge in [-0.15, -0.1) is 0 Å². The van der Waals surface area contributed by atoms with Gasteiger partial charge in [0.25, 0.3) is 0 Å². The first-order valence-corrected chi connectivity index (χ1v) is 13.4. The summed E-state index contributed by atoms with van der Waals surface area (Å²) in [7, 11) is -4.31. The average Bonchev–Trinajstić information content (AvgIpc) is 2.75. The maximum atomic E-state index is 12.3. The number of carbonyl (C=O) groups is 1. The number of nitrogens with one attached hydrogen (secondary N) is 1. The van der Waals surface area contributed by atoms with Gasteiger partial charge in [0.2, 0.25) is 26.0 Å². The Morgan fingerprint density at radius 3 is 1.97 bits per heavy atom. The van der Waals surface area contributed by atoms with E-state index in [1.165, 1.54) is 38.4 Å². The maximum Gasteiger partial charge on any atom is 0.242 e. The second-order valence-corrected chi connectivity index (χ2v) is 11.2. The third kappa shape index (κ3) is 7.62. The Bertz CT molecular complexity index is 1130. The van der Waals surface area contributed by atoms with Crippen molar-refractivity contribution < 1.29 is 31.1 Å². The molecular formula is C21H29N3O7S2. The first-order chi connectivity index (χ1) is 15.4. The van der Waals surface area contributed by atoms with Gasteiger partial charge in [-0.25, -0.2) is 21.1 Å². The normalized spacial score (nSPS) is 11.8. The van der Waals surface area contributed by atoms with Crippen molar-refractivity contribution in [3.05, 3.63) is 48.5 Å². The number of nitrogens with zero attached hydrogens (tertiary/aromatic N) is 2. The largest absolute Gasteiger partial charge is 0.494 e. The molecule has 2 aromatic carbocycles. The standard InChI is InChI=1S/C21H29N3O7S2/c1-5-30-18-8-6-17(7-9-18)24(32(4,26)27)16-21(25)22-14-15-31-19-10-12-20(13-11-19)33(28,29)23(2)3/h6-13H,5,14-16H2,1-4H3,(H,22,25). The molecule has 1 N–H and O–H groups in total. The van der Waals surface area contributed by atoms with Gasteiger partial charge in [-0.05, 0) is 55.5 Å². The SMILES string of the molecule is CCOc1ccc(N(CC(=O)NCCOc2ccc(S(=O)(=O)N(C)C)cc2)S(C)(=O)=O)cc1. The molecule has 182 valence electrons. The van der Waals surface area contributed by atoms with Crippen molar-refractivity contribution in [1.82, 2.24) is 9.62 Å². The summed E-state index contributed by atoms with van der Waals surface area (Å²) in [5, 5.41) is 2.61. The molecule has 0 saturated heterocycles. The fourth-order valence-corrected chi connectivity index (χ4v) is 4.50. The molecule has 0 aliphatic heterocycles. The number of sulfonamides is 2. The van der Waals surface area contributed by atoms with Crippen LogP contribution >= 0.6 is 0 Å². The molecule has 0 heterocycles. The minimum atomic E-state index is -3.69. The lowest BCUT2D eigenvalue weighted by atomic mass is 10.3. The van der Waals surface area contributed by atoms with Crippen LogP contribution in [0, 0.1) is 0 Å². The lowest BCUT2D eigenvalue weighted by Gasteiger charge is -2.22. The highest BCUT2D eigenvalue weighted by Crippen LogP contribution is 2.21. The smallest absolute Gasteiger partial charge is 0.242 e. The van der Waals surface area contributed by atoms with Crippen LogP contribution in [0.1, 0.15) is 6.92 Å². The Balaban J connectivity index is 1.89. The summed E-state index contributed by atoms with van der Waals surface area (Å²) in [5.41, 5.74) is 0.347. The molecule has 0 aliphatic rings. The van der Waals surface area contributed by atoms with Crippen LogP contribution in [-0.2, 0) is 24.8 Å². The van der Waals surface area contributed by atoms with E-state index in [1.54, 1.807) is 24.3 Å². The fraction of sp³-hybridized carbons (Fsp3) is 0.381. The van der Waals surface area contributed by atoms with E-state index in [2.05, 4.69) is 5.32 Å². The molecule has 10 nitrogen and oxygen atoms in total. The molecule has 0 unspecified atom stereocenters. The van der Waals surface area contributed by atoms with Crippen LogP contribution in [0.3, 0.4) is 0 Å². The zero-order valence-electron chi connectivity index (χ0n) is 19.0.